The Morgan fingerprint density at radius 1 is 1.09 bits per heavy atom. The van der Waals surface area contributed by atoms with Crippen molar-refractivity contribution < 1.29 is 9.26 Å². The van der Waals surface area contributed by atoms with Crippen molar-refractivity contribution in [2.75, 3.05) is 26.2 Å². The number of hydrogen-bond donors (Lipinski definition) is 0. The minimum atomic E-state index is 0.310. The van der Waals surface area contributed by atoms with Crippen LogP contribution in [0.2, 0.25) is 0 Å². The number of rotatable bonds is 4. The van der Waals surface area contributed by atoms with E-state index in [9.17, 15) is 0 Å². The largest absolute Gasteiger partial charge is 0.374 e. The Labute approximate surface area is 130 Å². The van der Waals surface area contributed by atoms with E-state index in [1.165, 1.54) is 5.56 Å². The van der Waals surface area contributed by atoms with Gasteiger partial charge in [0.2, 0.25) is 0 Å². The molecule has 1 aromatic carbocycles. The van der Waals surface area contributed by atoms with Crippen LogP contribution in [0.4, 0.5) is 0 Å². The van der Waals surface area contributed by atoms with E-state index in [1.54, 1.807) is 6.26 Å². The van der Waals surface area contributed by atoms with Gasteiger partial charge in [-0.3, -0.25) is 9.80 Å². The van der Waals surface area contributed by atoms with Crippen LogP contribution in [0.15, 0.2) is 47.2 Å². The second kappa shape index (κ2) is 6.20. The van der Waals surface area contributed by atoms with E-state index in [1.807, 2.05) is 6.07 Å². The predicted octanol–water partition coefficient (Wildman–Crippen LogP) is 1.76. The van der Waals surface area contributed by atoms with Crippen LogP contribution in [0.3, 0.4) is 0 Å². The number of benzene rings is 1. The Hall–Kier alpha value is -1.69. The summed E-state index contributed by atoms with van der Waals surface area (Å²) in [5.74, 6) is 0. The van der Waals surface area contributed by atoms with Gasteiger partial charge in [0, 0.05) is 38.8 Å². The molecule has 0 aliphatic carbocycles. The molecule has 0 N–H and O–H groups in total. The molecule has 2 aromatic rings. The minimum absolute atomic E-state index is 0.310. The van der Waals surface area contributed by atoms with Crippen LogP contribution in [-0.4, -0.2) is 53.3 Å². The molecule has 116 valence electrons. The third kappa shape index (κ3) is 2.92. The zero-order valence-corrected chi connectivity index (χ0v) is 12.6. The van der Waals surface area contributed by atoms with Crippen LogP contribution in [0.25, 0.3) is 0 Å². The van der Waals surface area contributed by atoms with Crippen LogP contribution < -0.4 is 0 Å². The SMILES string of the molecule is c1ccc(CN2CCOC3CN(Cc4ccon4)CC32)cc1. The van der Waals surface area contributed by atoms with E-state index in [0.29, 0.717) is 12.1 Å². The number of ether oxygens (including phenoxy) is 1. The van der Waals surface area contributed by atoms with Gasteiger partial charge in [0.1, 0.15) is 6.26 Å². The number of fused-ring (bicyclic) bond motifs is 1. The minimum Gasteiger partial charge on any atom is -0.374 e. The molecule has 3 heterocycles. The van der Waals surface area contributed by atoms with Crippen LogP contribution >= 0.6 is 0 Å². The molecule has 2 aliphatic rings. The van der Waals surface area contributed by atoms with Crippen molar-refractivity contribution >= 4 is 0 Å². The Bertz CT molecular complexity index is 587. The molecule has 22 heavy (non-hydrogen) atoms. The van der Waals surface area contributed by atoms with E-state index in [0.717, 1.165) is 45.0 Å². The van der Waals surface area contributed by atoms with E-state index in [-0.39, 0.29) is 0 Å². The Balaban J connectivity index is 1.42. The second-order valence-electron chi connectivity index (χ2n) is 6.12. The fourth-order valence-corrected chi connectivity index (χ4v) is 3.53. The van der Waals surface area contributed by atoms with Gasteiger partial charge in [0.05, 0.1) is 24.4 Å². The molecule has 1 aromatic heterocycles. The molecule has 0 radical (unpaired) electrons. The highest BCUT2D eigenvalue weighted by Gasteiger charge is 2.39. The molecule has 2 atom stereocenters. The van der Waals surface area contributed by atoms with Crippen molar-refractivity contribution in [1.82, 2.24) is 15.0 Å². The van der Waals surface area contributed by atoms with Gasteiger partial charge < -0.3 is 9.26 Å². The maximum atomic E-state index is 5.99. The lowest BCUT2D eigenvalue weighted by Gasteiger charge is -2.37. The Kier molecular flexibility index (Phi) is 3.93. The van der Waals surface area contributed by atoms with E-state index >= 15 is 0 Å². The third-order valence-electron chi connectivity index (χ3n) is 4.60. The van der Waals surface area contributed by atoms with Crippen molar-refractivity contribution in [3.8, 4) is 0 Å². The number of morpholine rings is 1. The number of aromatic nitrogens is 1. The molecular formula is C17H21N3O2. The summed E-state index contributed by atoms with van der Waals surface area (Å²) >= 11 is 0. The first-order valence-corrected chi connectivity index (χ1v) is 7.90. The van der Waals surface area contributed by atoms with Crippen molar-refractivity contribution in [3.05, 3.63) is 53.9 Å². The first kappa shape index (κ1) is 13.9. The first-order chi connectivity index (χ1) is 10.9. The van der Waals surface area contributed by atoms with Crippen LogP contribution in [0.5, 0.6) is 0 Å². The molecule has 2 unspecified atom stereocenters. The quantitative estimate of drug-likeness (QED) is 0.860. The highest BCUT2D eigenvalue weighted by atomic mass is 16.5. The molecule has 2 saturated heterocycles. The topological polar surface area (TPSA) is 41.7 Å². The second-order valence-corrected chi connectivity index (χ2v) is 6.12. The van der Waals surface area contributed by atoms with Crippen LogP contribution in [0.1, 0.15) is 11.3 Å². The fraction of sp³-hybridized carbons (Fsp3) is 0.471. The van der Waals surface area contributed by atoms with Gasteiger partial charge in [-0.25, -0.2) is 0 Å². The summed E-state index contributed by atoms with van der Waals surface area (Å²) in [7, 11) is 0. The summed E-state index contributed by atoms with van der Waals surface area (Å²) in [6, 6.07) is 13.1. The first-order valence-electron chi connectivity index (χ1n) is 7.90. The summed E-state index contributed by atoms with van der Waals surface area (Å²) in [5, 5.41) is 4.01. The maximum absolute atomic E-state index is 5.99. The summed E-state index contributed by atoms with van der Waals surface area (Å²) in [6.07, 6.45) is 1.95. The maximum Gasteiger partial charge on any atom is 0.124 e. The van der Waals surface area contributed by atoms with Gasteiger partial charge in [-0.1, -0.05) is 35.5 Å². The molecule has 5 nitrogen and oxygen atoms in total. The smallest absolute Gasteiger partial charge is 0.124 e. The van der Waals surface area contributed by atoms with Gasteiger partial charge in [0.25, 0.3) is 0 Å². The molecular weight excluding hydrogens is 278 g/mol. The van der Waals surface area contributed by atoms with Gasteiger partial charge in [-0.2, -0.15) is 0 Å². The van der Waals surface area contributed by atoms with Crippen molar-refractivity contribution in [2.24, 2.45) is 0 Å². The predicted molar refractivity (Wildman–Crippen MR) is 82.2 cm³/mol. The molecule has 0 saturated carbocycles. The van der Waals surface area contributed by atoms with Crippen LogP contribution in [-0.2, 0) is 17.8 Å². The molecule has 0 spiro atoms. The summed E-state index contributed by atoms with van der Waals surface area (Å²) in [4.78, 5) is 4.97. The van der Waals surface area contributed by atoms with Crippen LogP contribution in [0, 0.1) is 0 Å². The average molecular weight is 299 g/mol. The van der Waals surface area contributed by atoms with Gasteiger partial charge in [0.15, 0.2) is 0 Å². The molecule has 5 heteroatoms. The highest BCUT2D eigenvalue weighted by Crippen LogP contribution is 2.25. The zero-order valence-electron chi connectivity index (χ0n) is 12.6. The number of nitrogens with zero attached hydrogens (tertiary/aromatic N) is 3. The Morgan fingerprint density at radius 3 is 2.82 bits per heavy atom. The summed E-state index contributed by atoms with van der Waals surface area (Å²) in [6.45, 7) is 5.68. The average Bonchev–Trinajstić information content (AvgIpc) is 3.18. The molecule has 0 amide bonds. The van der Waals surface area contributed by atoms with Gasteiger partial charge in [-0.05, 0) is 5.56 Å². The molecule has 2 aliphatic heterocycles. The van der Waals surface area contributed by atoms with Crippen molar-refractivity contribution in [3.63, 3.8) is 0 Å². The lowest BCUT2D eigenvalue weighted by molar-refractivity contribution is -0.0504. The number of likely N-dealkylation sites (tertiary alicyclic amines) is 1. The molecule has 2 fully saturated rings. The molecule has 4 rings (SSSR count). The summed E-state index contributed by atoms with van der Waals surface area (Å²) in [5.41, 5.74) is 2.37. The third-order valence-corrected chi connectivity index (χ3v) is 4.60. The zero-order chi connectivity index (χ0) is 14.8. The van der Waals surface area contributed by atoms with E-state index in [2.05, 4.69) is 45.3 Å². The van der Waals surface area contributed by atoms with Crippen molar-refractivity contribution in [2.45, 2.75) is 25.2 Å². The monoisotopic (exact) mass is 299 g/mol. The van der Waals surface area contributed by atoms with Gasteiger partial charge >= 0.3 is 0 Å². The van der Waals surface area contributed by atoms with Crippen molar-refractivity contribution in [1.29, 1.82) is 0 Å². The summed E-state index contributed by atoms with van der Waals surface area (Å²) < 4.78 is 10.9. The lowest BCUT2D eigenvalue weighted by Crippen LogP contribution is -2.50. The Morgan fingerprint density at radius 2 is 2.00 bits per heavy atom. The van der Waals surface area contributed by atoms with E-state index < -0.39 is 0 Å². The fourth-order valence-electron chi connectivity index (χ4n) is 3.53. The number of hydrogen-bond acceptors (Lipinski definition) is 5. The standard InChI is InChI=1S/C17H21N3O2/c1-2-4-14(5-3-1)10-20-7-9-21-17-13-19(12-16(17)20)11-15-6-8-22-18-15/h1-6,8,16-17H,7,9-13H2. The molecule has 0 bridgehead atoms. The lowest BCUT2D eigenvalue weighted by atomic mass is 10.1. The normalized spacial score (nSPS) is 26.2. The van der Waals surface area contributed by atoms with Gasteiger partial charge in [-0.15, -0.1) is 0 Å². The van der Waals surface area contributed by atoms with E-state index in [4.69, 9.17) is 9.26 Å². The highest BCUT2D eigenvalue weighted by molar-refractivity contribution is 5.15.